The number of likely N-dealkylation sites (N-methyl/N-ethyl adjacent to an activating group) is 1. The molecule has 1 aliphatic rings. The molecule has 0 aliphatic carbocycles. The van der Waals surface area contributed by atoms with Gasteiger partial charge in [0.1, 0.15) is 5.69 Å². The summed E-state index contributed by atoms with van der Waals surface area (Å²) in [6.45, 7) is 11.5. The molecule has 140 valence electrons. The van der Waals surface area contributed by atoms with Gasteiger partial charge in [-0.25, -0.2) is 4.79 Å². The van der Waals surface area contributed by atoms with Gasteiger partial charge in [-0.1, -0.05) is 11.6 Å². The molecule has 7 nitrogen and oxygen atoms in total. The molecule has 1 saturated heterocycles. The van der Waals surface area contributed by atoms with Crippen LogP contribution in [0, 0.1) is 13.8 Å². The van der Waals surface area contributed by atoms with Crippen LogP contribution in [-0.4, -0.2) is 71.0 Å². The molecule has 2 aromatic rings. The second-order valence-electron chi connectivity index (χ2n) is 6.92. The molecule has 26 heavy (non-hydrogen) atoms. The molecular weight excluding hydrogens is 330 g/mol. The van der Waals surface area contributed by atoms with E-state index in [1.807, 2.05) is 0 Å². The minimum absolute atomic E-state index is 0.242. The Bertz CT molecular complexity index is 778. The van der Waals surface area contributed by atoms with E-state index in [-0.39, 0.29) is 5.69 Å². The van der Waals surface area contributed by atoms with Crippen LogP contribution in [0.15, 0.2) is 12.1 Å². The second-order valence-corrected chi connectivity index (χ2v) is 6.92. The highest BCUT2D eigenvalue weighted by atomic mass is 16.5. The van der Waals surface area contributed by atoms with E-state index in [1.54, 1.807) is 6.92 Å². The van der Waals surface area contributed by atoms with Crippen LogP contribution in [-0.2, 0) is 11.3 Å². The number of H-pyrrole nitrogens is 1. The minimum atomic E-state index is -0.447. The predicted molar refractivity (Wildman–Crippen MR) is 100 cm³/mol. The Hall–Kier alpha value is -2.25. The number of aromatic nitrogens is 3. The van der Waals surface area contributed by atoms with E-state index < -0.39 is 5.97 Å². The molecule has 1 fully saturated rings. The molecule has 2 heterocycles. The fraction of sp³-hybridized carbons (Fsp3) is 0.526. The largest absolute Gasteiger partial charge is 0.461 e. The van der Waals surface area contributed by atoms with E-state index in [0.717, 1.165) is 49.4 Å². The zero-order chi connectivity index (χ0) is 18.7. The number of hydrogen-bond acceptors (Lipinski definition) is 6. The summed E-state index contributed by atoms with van der Waals surface area (Å²) < 4.78 is 5.11. The van der Waals surface area contributed by atoms with Gasteiger partial charge in [-0.3, -0.25) is 4.90 Å². The Morgan fingerprint density at radius 1 is 1.19 bits per heavy atom. The van der Waals surface area contributed by atoms with Gasteiger partial charge in [-0.2, -0.15) is 10.3 Å². The molecular formula is C19H27N5O2. The number of ether oxygens (including phenoxy) is 1. The maximum Gasteiger partial charge on any atom is 0.361 e. The van der Waals surface area contributed by atoms with Crippen LogP contribution >= 0.6 is 0 Å². The highest BCUT2D eigenvalue weighted by Gasteiger charge is 2.22. The maximum atomic E-state index is 12.2. The molecule has 0 radical (unpaired) electrons. The van der Waals surface area contributed by atoms with Gasteiger partial charge in [0, 0.05) is 38.3 Å². The van der Waals surface area contributed by atoms with Gasteiger partial charge < -0.3 is 9.64 Å². The molecule has 3 rings (SSSR count). The van der Waals surface area contributed by atoms with Crippen molar-refractivity contribution in [3.05, 3.63) is 34.5 Å². The number of carbonyl (C=O) groups excluding carboxylic acids is 1. The number of esters is 1. The topological polar surface area (TPSA) is 74.3 Å². The Morgan fingerprint density at radius 2 is 1.92 bits per heavy atom. The zero-order valence-electron chi connectivity index (χ0n) is 16.0. The number of nitrogens with zero attached hydrogens (tertiary/aromatic N) is 4. The summed E-state index contributed by atoms with van der Waals surface area (Å²) in [4.78, 5) is 17.0. The molecule has 1 N–H and O–H groups in total. The smallest absolute Gasteiger partial charge is 0.361 e. The summed E-state index contributed by atoms with van der Waals surface area (Å²) in [6, 6.07) is 4.28. The third-order valence-electron chi connectivity index (χ3n) is 4.92. The predicted octanol–water partition coefficient (Wildman–Crippen LogP) is 2.01. The fourth-order valence-corrected chi connectivity index (χ4v) is 3.35. The average molecular weight is 357 g/mol. The molecule has 0 bridgehead atoms. The monoisotopic (exact) mass is 357 g/mol. The van der Waals surface area contributed by atoms with Crippen molar-refractivity contribution in [1.29, 1.82) is 0 Å². The lowest BCUT2D eigenvalue weighted by atomic mass is 9.95. The number of rotatable bonds is 5. The average Bonchev–Trinajstić information content (AvgIpc) is 3.09. The molecule has 0 saturated carbocycles. The Morgan fingerprint density at radius 3 is 2.62 bits per heavy atom. The Kier molecular flexibility index (Phi) is 5.68. The minimum Gasteiger partial charge on any atom is -0.461 e. The van der Waals surface area contributed by atoms with E-state index in [4.69, 9.17) is 4.74 Å². The number of aromatic amines is 1. The van der Waals surface area contributed by atoms with Crippen LogP contribution in [0.4, 0.5) is 0 Å². The summed E-state index contributed by atoms with van der Waals surface area (Å²) in [7, 11) is 2.16. The number of carbonyl (C=O) groups is 1. The lowest BCUT2D eigenvalue weighted by Crippen LogP contribution is -2.44. The Balaban J connectivity index is 1.91. The molecule has 0 atom stereocenters. The van der Waals surface area contributed by atoms with E-state index >= 15 is 0 Å². The SMILES string of the molecule is CCOC(=O)c1n[nH]nc1-c1cc(C)cc(CN2CCN(C)CC2)c1C. The van der Waals surface area contributed by atoms with Crippen molar-refractivity contribution in [2.45, 2.75) is 27.3 Å². The van der Waals surface area contributed by atoms with Crippen molar-refractivity contribution in [3.63, 3.8) is 0 Å². The first-order chi connectivity index (χ1) is 12.5. The standard InChI is InChI=1S/C19H27N5O2/c1-5-26-19(25)18-17(20-22-21-18)16-11-13(2)10-15(14(16)3)12-24-8-6-23(4)7-9-24/h10-11H,5-9,12H2,1-4H3,(H,20,21,22). The van der Waals surface area contributed by atoms with Crippen LogP contribution in [0.5, 0.6) is 0 Å². The summed E-state index contributed by atoms with van der Waals surface area (Å²) in [5.74, 6) is -0.447. The van der Waals surface area contributed by atoms with Crippen molar-refractivity contribution in [2.24, 2.45) is 0 Å². The van der Waals surface area contributed by atoms with Crippen molar-refractivity contribution in [2.75, 3.05) is 39.8 Å². The van der Waals surface area contributed by atoms with Crippen molar-refractivity contribution >= 4 is 5.97 Å². The van der Waals surface area contributed by atoms with Crippen LogP contribution in [0.25, 0.3) is 11.3 Å². The lowest BCUT2D eigenvalue weighted by Gasteiger charge is -2.32. The van der Waals surface area contributed by atoms with E-state index in [0.29, 0.717) is 12.3 Å². The normalized spacial score (nSPS) is 16.0. The van der Waals surface area contributed by atoms with Gasteiger partial charge in [0.2, 0.25) is 0 Å². The molecule has 1 aromatic heterocycles. The molecule has 0 unspecified atom stereocenters. The van der Waals surface area contributed by atoms with E-state index in [1.165, 1.54) is 5.56 Å². The number of piperazine rings is 1. The van der Waals surface area contributed by atoms with Gasteiger partial charge in [-0.05, 0) is 45.0 Å². The second kappa shape index (κ2) is 7.97. The lowest BCUT2D eigenvalue weighted by molar-refractivity contribution is 0.0520. The first-order valence-electron chi connectivity index (χ1n) is 9.09. The van der Waals surface area contributed by atoms with Crippen LogP contribution in [0.2, 0.25) is 0 Å². The molecule has 1 aromatic carbocycles. The first kappa shape index (κ1) is 18.5. The van der Waals surface area contributed by atoms with Crippen molar-refractivity contribution in [1.82, 2.24) is 25.2 Å². The van der Waals surface area contributed by atoms with Crippen LogP contribution in [0.3, 0.4) is 0 Å². The van der Waals surface area contributed by atoms with Crippen molar-refractivity contribution < 1.29 is 9.53 Å². The van der Waals surface area contributed by atoms with Gasteiger partial charge in [-0.15, -0.1) is 5.10 Å². The molecule has 0 amide bonds. The van der Waals surface area contributed by atoms with E-state index in [2.05, 4.69) is 58.2 Å². The highest BCUT2D eigenvalue weighted by Crippen LogP contribution is 2.29. The van der Waals surface area contributed by atoms with E-state index in [9.17, 15) is 4.79 Å². The highest BCUT2D eigenvalue weighted by molar-refractivity contribution is 5.94. The van der Waals surface area contributed by atoms with Gasteiger partial charge >= 0.3 is 5.97 Å². The zero-order valence-corrected chi connectivity index (χ0v) is 16.0. The van der Waals surface area contributed by atoms with Gasteiger partial charge in [0.15, 0.2) is 5.69 Å². The van der Waals surface area contributed by atoms with Gasteiger partial charge in [0.05, 0.1) is 6.61 Å². The first-order valence-corrected chi connectivity index (χ1v) is 9.09. The maximum absolute atomic E-state index is 12.2. The quantitative estimate of drug-likeness (QED) is 0.825. The van der Waals surface area contributed by atoms with Gasteiger partial charge in [0.25, 0.3) is 0 Å². The Labute approximate surface area is 154 Å². The number of nitrogens with one attached hydrogen (secondary N) is 1. The molecule has 1 aliphatic heterocycles. The molecule has 7 heteroatoms. The number of aryl methyl sites for hydroxylation is 1. The van der Waals surface area contributed by atoms with Crippen LogP contribution in [0.1, 0.15) is 34.1 Å². The third kappa shape index (κ3) is 3.94. The summed E-state index contributed by atoms with van der Waals surface area (Å²) in [5, 5.41) is 10.8. The molecule has 0 spiro atoms. The summed E-state index contributed by atoms with van der Waals surface area (Å²) in [6.07, 6.45) is 0. The fourth-order valence-electron chi connectivity index (χ4n) is 3.35. The number of hydrogen-bond donors (Lipinski definition) is 1. The summed E-state index contributed by atoms with van der Waals surface area (Å²) in [5.41, 5.74) is 5.28. The summed E-state index contributed by atoms with van der Waals surface area (Å²) >= 11 is 0. The third-order valence-corrected chi connectivity index (χ3v) is 4.92. The number of benzene rings is 1. The van der Waals surface area contributed by atoms with Crippen molar-refractivity contribution in [3.8, 4) is 11.3 Å². The van der Waals surface area contributed by atoms with Crippen LogP contribution < -0.4 is 0 Å².